The highest BCUT2D eigenvalue weighted by molar-refractivity contribution is 5.64. The Morgan fingerprint density at radius 3 is 2.78 bits per heavy atom. The number of nitrogens with two attached hydrogens (primary N) is 1. The number of hydrogen-bond acceptors (Lipinski definition) is 4. The first-order valence-corrected chi connectivity index (χ1v) is 5.91. The Balaban J connectivity index is 2.08. The zero-order chi connectivity index (χ0) is 12.9. The zero-order valence-corrected chi connectivity index (χ0v) is 10.3. The molecule has 1 aliphatic rings. The van der Waals surface area contributed by atoms with Crippen molar-refractivity contribution in [2.45, 2.75) is 26.3 Å². The second-order valence-corrected chi connectivity index (χ2v) is 4.90. The minimum absolute atomic E-state index is 0.320. The molecular weight excluding hydrogens is 233 g/mol. The van der Waals surface area contributed by atoms with Gasteiger partial charge in [0, 0.05) is 16.8 Å². The highest BCUT2D eigenvalue weighted by Crippen LogP contribution is 2.43. The minimum atomic E-state index is -0.330. The Morgan fingerprint density at radius 1 is 1.44 bits per heavy atom. The summed E-state index contributed by atoms with van der Waals surface area (Å²) in [5, 5.41) is 11.6. The van der Waals surface area contributed by atoms with Crippen LogP contribution < -0.4 is 5.73 Å². The molecule has 18 heavy (non-hydrogen) atoms. The molecule has 0 amide bonds. The lowest BCUT2D eigenvalue weighted by Gasteiger charge is -2.07. The summed E-state index contributed by atoms with van der Waals surface area (Å²) in [6.07, 6.45) is 1.06. The fraction of sp³-hybridized carbons (Fsp3) is 0.417. The van der Waals surface area contributed by atoms with Gasteiger partial charge in [0.2, 0.25) is 0 Å². The van der Waals surface area contributed by atoms with Crippen LogP contribution in [0.4, 0.5) is 10.1 Å². The summed E-state index contributed by atoms with van der Waals surface area (Å²) < 4.78 is 15.5. The predicted octanol–water partition coefficient (Wildman–Crippen LogP) is 1.95. The van der Waals surface area contributed by atoms with Crippen LogP contribution in [0.3, 0.4) is 0 Å². The summed E-state index contributed by atoms with van der Waals surface area (Å²) >= 11 is 0. The number of halogens is 1. The van der Waals surface area contributed by atoms with Crippen molar-refractivity contribution in [3.8, 4) is 11.4 Å². The average molecular weight is 247 g/mol. The van der Waals surface area contributed by atoms with Crippen molar-refractivity contribution in [3.05, 3.63) is 23.5 Å². The maximum atomic E-state index is 13.7. The summed E-state index contributed by atoms with van der Waals surface area (Å²) in [6.45, 7) is 3.79. The van der Waals surface area contributed by atoms with Crippen LogP contribution in [0.1, 0.15) is 24.9 Å². The Bertz CT molecular complexity index is 583. The first-order chi connectivity index (χ1) is 8.58. The third-order valence-corrected chi connectivity index (χ3v) is 3.52. The smallest absolute Gasteiger partial charge is 0.182 e. The molecule has 1 aliphatic carbocycles. The van der Waals surface area contributed by atoms with Gasteiger partial charge in [-0.3, -0.25) is 0 Å². The molecule has 1 heterocycles. The van der Waals surface area contributed by atoms with Crippen LogP contribution in [0.2, 0.25) is 0 Å². The van der Waals surface area contributed by atoms with Crippen molar-refractivity contribution in [2.75, 3.05) is 5.73 Å². The van der Waals surface area contributed by atoms with Crippen molar-refractivity contribution >= 4 is 5.69 Å². The quantitative estimate of drug-likeness (QED) is 0.823. The molecule has 2 aromatic rings. The molecule has 1 saturated carbocycles. The van der Waals surface area contributed by atoms with Gasteiger partial charge in [-0.25, -0.2) is 9.07 Å². The molecule has 0 radical (unpaired) electrons. The number of rotatable bonds is 2. The van der Waals surface area contributed by atoms with E-state index in [1.54, 1.807) is 17.7 Å². The Hall–Kier alpha value is -1.98. The molecule has 1 aromatic heterocycles. The fourth-order valence-electron chi connectivity index (χ4n) is 2.08. The number of nitrogens with zero attached hydrogens (tertiary/aromatic N) is 4. The molecule has 0 saturated heterocycles. The lowest BCUT2D eigenvalue weighted by molar-refractivity contribution is 0.583. The first-order valence-electron chi connectivity index (χ1n) is 5.91. The Kier molecular flexibility index (Phi) is 2.33. The van der Waals surface area contributed by atoms with Crippen LogP contribution in [-0.2, 0) is 0 Å². The van der Waals surface area contributed by atoms with Crippen LogP contribution in [0.5, 0.6) is 0 Å². The van der Waals surface area contributed by atoms with E-state index in [9.17, 15) is 4.39 Å². The van der Waals surface area contributed by atoms with Crippen molar-refractivity contribution in [1.29, 1.82) is 0 Å². The summed E-state index contributed by atoms with van der Waals surface area (Å²) in [5.74, 6) is 0.818. The van der Waals surface area contributed by atoms with Crippen LogP contribution in [-0.4, -0.2) is 20.2 Å². The molecule has 0 spiro atoms. The number of nitrogen functional groups attached to an aromatic ring is 1. The molecule has 0 bridgehead atoms. The van der Waals surface area contributed by atoms with E-state index in [2.05, 4.69) is 22.4 Å². The molecule has 0 aliphatic heterocycles. The van der Waals surface area contributed by atoms with E-state index in [1.807, 2.05) is 0 Å². The van der Waals surface area contributed by atoms with E-state index in [0.717, 1.165) is 6.42 Å². The highest BCUT2D eigenvalue weighted by atomic mass is 19.1. The van der Waals surface area contributed by atoms with E-state index in [0.29, 0.717) is 34.6 Å². The fourth-order valence-corrected chi connectivity index (χ4v) is 2.08. The average Bonchev–Trinajstić information content (AvgIpc) is 2.88. The molecule has 1 fully saturated rings. The van der Waals surface area contributed by atoms with Crippen molar-refractivity contribution in [2.24, 2.45) is 5.92 Å². The summed E-state index contributed by atoms with van der Waals surface area (Å²) in [5.41, 5.74) is 7.28. The van der Waals surface area contributed by atoms with Crippen LogP contribution in [0.15, 0.2) is 12.1 Å². The van der Waals surface area contributed by atoms with E-state index in [-0.39, 0.29) is 5.82 Å². The van der Waals surface area contributed by atoms with Crippen LogP contribution in [0, 0.1) is 18.7 Å². The lowest BCUT2D eigenvalue weighted by atomic mass is 10.1. The van der Waals surface area contributed by atoms with Gasteiger partial charge in [0.25, 0.3) is 0 Å². The second kappa shape index (κ2) is 3.76. The van der Waals surface area contributed by atoms with Crippen molar-refractivity contribution in [1.82, 2.24) is 20.2 Å². The number of aromatic nitrogens is 4. The Labute approximate surface area is 104 Å². The normalized spacial score (nSPS) is 22.2. The molecule has 1 aromatic carbocycles. The summed E-state index contributed by atoms with van der Waals surface area (Å²) in [6, 6.07) is 3.47. The standard InChI is InChI=1S/C12H14FN5/c1-6-3-11(6)18-12(15-16-17-18)8-4-9(13)7(2)10(14)5-8/h4-6,11H,3,14H2,1-2H3. The topological polar surface area (TPSA) is 69.6 Å². The molecular formula is C12H14FN5. The number of tetrazole rings is 1. The van der Waals surface area contributed by atoms with Gasteiger partial charge in [-0.15, -0.1) is 5.10 Å². The lowest BCUT2D eigenvalue weighted by Crippen LogP contribution is -2.03. The molecule has 6 heteroatoms. The van der Waals surface area contributed by atoms with Gasteiger partial charge in [0.15, 0.2) is 5.82 Å². The van der Waals surface area contributed by atoms with E-state index < -0.39 is 0 Å². The van der Waals surface area contributed by atoms with Gasteiger partial charge in [0.05, 0.1) is 6.04 Å². The van der Waals surface area contributed by atoms with Crippen LogP contribution >= 0.6 is 0 Å². The highest BCUT2D eigenvalue weighted by Gasteiger charge is 2.37. The largest absolute Gasteiger partial charge is 0.398 e. The molecule has 2 atom stereocenters. The SMILES string of the molecule is Cc1c(N)cc(-c2nnnn2C2CC2C)cc1F. The van der Waals surface area contributed by atoms with E-state index in [4.69, 9.17) is 5.73 Å². The minimum Gasteiger partial charge on any atom is -0.398 e. The molecule has 2 N–H and O–H groups in total. The second-order valence-electron chi connectivity index (χ2n) is 4.90. The van der Waals surface area contributed by atoms with E-state index in [1.165, 1.54) is 6.07 Å². The molecule has 3 rings (SSSR count). The zero-order valence-electron chi connectivity index (χ0n) is 10.3. The molecule has 94 valence electrons. The number of hydrogen-bond donors (Lipinski definition) is 1. The molecule has 2 unspecified atom stereocenters. The van der Waals surface area contributed by atoms with Gasteiger partial charge in [0.1, 0.15) is 5.82 Å². The van der Waals surface area contributed by atoms with Gasteiger partial charge in [-0.05, 0) is 41.8 Å². The number of benzene rings is 1. The third-order valence-electron chi connectivity index (χ3n) is 3.52. The molecule has 5 nitrogen and oxygen atoms in total. The van der Waals surface area contributed by atoms with Gasteiger partial charge in [-0.1, -0.05) is 6.92 Å². The van der Waals surface area contributed by atoms with Gasteiger partial charge >= 0.3 is 0 Å². The number of anilines is 1. The van der Waals surface area contributed by atoms with Crippen molar-refractivity contribution in [3.63, 3.8) is 0 Å². The third kappa shape index (κ3) is 1.64. The van der Waals surface area contributed by atoms with Crippen molar-refractivity contribution < 1.29 is 4.39 Å². The Morgan fingerprint density at radius 2 is 2.17 bits per heavy atom. The van der Waals surface area contributed by atoms with Gasteiger partial charge < -0.3 is 5.73 Å². The van der Waals surface area contributed by atoms with Gasteiger partial charge in [-0.2, -0.15) is 0 Å². The first kappa shape index (κ1) is 11.1. The summed E-state index contributed by atoms with van der Waals surface area (Å²) in [7, 11) is 0. The summed E-state index contributed by atoms with van der Waals surface area (Å²) in [4.78, 5) is 0. The maximum absolute atomic E-state index is 13.7. The van der Waals surface area contributed by atoms with Crippen LogP contribution in [0.25, 0.3) is 11.4 Å². The predicted molar refractivity (Wildman–Crippen MR) is 65.2 cm³/mol. The maximum Gasteiger partial charge on any atom is 0.182 e. The van der Waals surface area contributed by atoms with E-state index >= 15 is 0 Å². The monoisotopic (exact) mass is 247 g/mol.